The van der Waals surface area contributed by atoms with Gasteiger partial charge in [-0.15, -0.1) is 0 Å². The van der Waals surface area contributed by atoms with Crippen molar-refractivity contribution in [1.82, 2.24) is 9.97 Å². The molecule has 0 amide bonds. The predicted molar refractivity (Wildman–Crippen MR) is 80.3 cm³/mol. The minimum atomic E-state index is -0.689. The van der Waals surface area contributed by atoms with E-state index in [1.165, 1.54) is 25.7 Å². The monoisotopic (exact) mass is 288 g/mol. The molecular weight excluding hydrogens is 264 g/mol. The van der Waals surface area contributed by atoms with Gasteiger partial charge in [0.25, 0.3) is 0 Å². The summed E-state index contributed by atoms with van der Waals surface area (Å²) >= 11 is 0. The van der Waals surface area contributed by atoms with Crippen LogP contribution < -0.4 is 0 Å². The molecule has 2 aliphatic rings. The quantitative estimate of drug-likeness (QED) is 0.907. The molecule has 3 rings (SSSR count). The minimum absolute atomic E-state index is 0.263. The molecule has 0 bridgehead atoms. The van der Waals surface area contributed by atoms with Crippen LogP contribution in [0, 0.1) is 18.8 Å². The van der Waals surface area contributed by atoms with E-state index < -0.39 is 5.97 Å². The van der Waals surface area contributed by atoms with Gasteiger partial charge in [0, 0.05) is 17.3 Å². The highest BCUT2D eigenvalue weighted by Crippen LogP contribution is 2.35. The van der Waals surface area contributed by atoms with E-state index in [0.717, 1.165) is 35.1 Å². The lowest BCUT2D eigenvalue weighted by molar-refractivity contribution is -0.142. The third kappa shape index (κ3) is 2.94. The molecule has 4 heteroatoms. The van der Waals surface area contributed by atoms with Crippen LogP contribution in [0.1, 0.15) is 67.7 Å². The normalized spacial score (nSPS) is 29.0. The Morgan fingerprint density at radius 1 is 1.14 bits per heavy atom. The Kier molecular flexibility index (Phi) is 3.96. The zero-order chi connectivity index (χ0) is 15.0. The fourth-order valence-corrected chi connectivity index (χ4v) is 3.72. The Bertz CT molecular complexity index is 548. The van der Waals surface area contributed by atoms with Crippen LogP contribution in [0.4, 0.5) is 0 Å². The van der Waals surface area contributed by atoms with Crippen LogP contribution in [-0.2, 0) is 17.6 Å². The molecule has 0 spiro atoms. The highest BCUT2D eigenvalue weighted by Gasteiger charge is 2.29. The SMILES string of the molecule is Cc1nc(C2CCC(C)CC2)nc2c1CC(C(=O)O)CC2. The van der Waals surface area contributed by atoms with Crippen LogP contribution in [0.25, 0.3) is 0 Å². The highest BCUT2D eigenvalue weighted by atomic mass is 16.4. The van der Waals surface area contributed by atoms with Crippen LogP contribution in [-0.4, -0.2) is 21.0 Å². The van der Waals surface area contributed by atoms with Crippen LogP contribution >= 0.6 is 0 Å². The maximum atomic E-state index is 11.2. The number of aliphatic carboxylic acids is 1. The topological polar surface area (TPSA) is 63.1 Å². The Hall–Kier alpha value is -1.45. The Labute approximate surface area is 126 Å². The molecule has 2 aliphatic carbocycles. The van der Waals surface area contributed by atoms with Crippen molar-refractivity contribution in [2.75, 3.05) is 0 Å². The molecule has 0 aliphatic heterocycles. The number of aryl methyl sites for hydroxylation is 2. The Morgan fingerprint density at radius 3 is 2.52 bits per heavy atom. The lowest BCUT2D eigenvalue weighted by Gasteiger charge is -2.27. The zero-order valence-electron chi connectivity index (χ0n) is 12.9. The third-order valence-corrected chi connectivity index (χ3v) is 5.23. The molecule has 0 saturated heterocycles. The van der Waals surface area contributed by atoms with Gasteiger partial charge in [0.05, 0.1) is 5.92 Å². The largest absolute Gasteiger partial charge is 0.481 e. The molecule has 114 valence electrons. The van der Waals surface area contributed by atoms with Gasteiger partial charge in [-0.2, -0.15) is 0 Å². The number of hydrogen-bond acceptors (Lipinski definition) is 3. The maximum Gasteiger partial charge on any atom is 0.306 e. The summed E-state index contributed by atoms with van der Waals surface area (Å²) in [5, 5.41) is 9.20. The van der Waals surface area contributed by atoms with Gasteiger partial charge in [-0.25, -0.2) is 9.97 Å². The Balaban J connectivity index is 1.84. The van der Waals surface area contributed by atoms with E-state index in [0.29, 0.717) is 18.8 Å². The number of carboxylic acids is 1. The van der Waals surface area contributed by atoms with Crippen molar-refractivity contribution in [3.63, 3.8) is 0 Å². The number of carbonyl (C=O) groups is 1. The highest BCUT2D eigenvalue weighted by molar-refractivity contribution is 5.71. The summed E-state index contributed by atoms with van der Waals surface area (Å²) in [5.74, 6) is 1.39. The standard InChI is InChI=1S/C17H24N2O2/c1-10-3-5-12(6-4-10)16-18-11(2)14-9-13(17(20)21)7-8-15(14)19-16/h10,12-13H,3-9H2,1-2H3,(H,20,21). The molecule has 1 aromatic rings. The minimum Gasteiger partial charge on any atom is -0.481 e. The summed E-state index contributed by atoms with van der Waals surface area (Å²) in [7, 11) is 0. The third-order valence-electron chi connectivity index (χ3n) is 5.23. The van der Waals surface area contributed by atoms with Crippen molar-refractivity contribution in [3.8, 4) is 0 Å². The van der Waals surface area contributed by atoms with E-state index in [2.05, 4.69) is 6.92 Å². The second kappa shape index (κ2) is 5.74. The fraction of sp³-hybridized carbons (Fsp3) is 0.706. The number of carboxylic acid groups (broad SMARTS) is 1. The van der Waals surface area contributed by atoms with E-state index in [9.17, 15) is 9.90 Å². The molecule has 21 heavy (non-hydrogen) atoms. The van der Waals surface area contributed by atoms with E-state index in [-0.39, 0.29) is 5.92 Å². The summed E-state index contributed by atoms with van der Waals surface area (Å²) in [6.07, 6.45) is 7.01. The first-order valence-corrected chi connectivity index (χ1v) is 8.13. The number of rotatable bonds is 2. The first kappa shape index (κ1) is 14.5. The first-order chi connectivity index (χ1) is 10.0. The van der Waals surface area contributed by atoms with Crippen molar-refractivity contribution >= 4 is 5.97 Å². The lowest BCUT2D eigenvalue weighted by atomic mass is 9.82. The summed E-state index contributed by atoms with van der Waals surface area (Å²) in [6.45, 7) is 4.33. The second-order valence-electron chi connectivity index (χ2n) is 6.83. The molecule has 1 atom stereocenters. The van der Waals surface area contributed by atoms with Gasteiger partial charge in [-0.1, -0.05) is 19.8 Å². The molecule has 1 saturated carbocycles. The average Bonchev–Trinajstić information content (AvgIpc) is 2.47. The van der Waals surface area contributed by atoms with Gasteiger partial charge in [0.15, 0.2) is 0 Å². The van der Waals surface area contributed by atoms with Crippen molar-refractivity contribution in [2.45, 2.75) is 64.7 Å². The molecule has 1 heterocycles. The van der Waals surface area contributed by atoms with Crippen molar-refractivity contribution < 1.29 is 9.90 Å². The van der Waals surface area contributed by atoms with Crippen LogP contribution in [0.3, 0.4) is 0 Å². The van der Waals surface area contributed by atoms with E-state index in [1.807, 2.05) is 6.92 Å². The molecule has 0 aromatic carbocycles. The molecule has 4 nitrogen and oxygen atoms in total. The predicted octanol–water partition coefficient (Wildman–Crippen LogP) is 3.27. The summed E-state index contributed by atoms with van der Waals surface area (Å²) in [5.41, 5.74) is 3.19. The smallest absolute Gasteiger partial charge is 0.306 e. The summed E-state index contributed by atoms with van der Waals surface area (Å²) in [6, 6.07) is 0. The Morgan fingerprint density at radius 2 is 1.86 bits per heavy atom. The van der Waals surface area contributed by atoms with Crippen molar-refractivity contribution in [2.24, 2.45) is 11.8 Å². The molecule has 1 N–H and O–H groups in total. The van der Waals surface area contributed by atoms with Gasteiger partial charge in [0.1, 0.15) is 5.82 Å². The number of hydrogen-bond donors (Lipinski definition) is 1. The first-order valence-electron chi connectivity index (χ1n) is 8.13. The summed E-state index contributed by atoms with van der Waals surface area (Å²) < 4.78 is 0. The lowest BCUT2D eigenvalue weighted by Crippen LogP contribution is -2.25. The van der Waals surface area contributed by atoms with Crippen LogP contribution in [0.15, 0.2) is 0 Å². The summed E-state index contributed by atoms with van der Waals surface area (Å²) in [4.78, 5) is 20.7. The maximum absolute atomic E-state index is 11.2. The van der Waals surface area contributed by atoms with Crippen molar-refractivity contribution in [3.05, 3.63) is 22.8 Å². The zero-order valence-corrected chi connectivity index (χ0v) is 12.9. The molecule has 1 fully saturated rings. The molecule has 0 radical (unpaired) electrons. The average molecular weight is 288 g/mol. The second-order valence-corrected chi connectivity index (χ2v) is 6.83. The van der Waals surface area contributed by atoms with Gasteiger partial charge in [-0.05, 0) is 50.5 Å². The van der Waals surface area contributed by atoms with E-state index >= 15 is 0 Å². The number of fused-ring (bicyclic) bond motifs is 1. The van der Waals surface area contributed by atoms with Gasteiger partial charge >= 0.3 is 5.97 Å². The van der Waals surface area contributed by atoms with E-state index in [4.69, 9.17) is 9.97 Å². The van der Waals surface area contributed by atoms with Crippen molar-refractivity contribution in [1.29, 1.82) is 0 Å². The van der Waals surface area contributed by atoms with Crippen LogP contribution in [0.2, 0.25) is 0 Å². The van der Waals surface area contributed by atoms with E-state index in [1.54, 1.807) is 0 Å². The molecule has 1 unspecified atom stereocenters. The molecule has 1 aromatic heterocycles. The van der Waals surface area contributed by atoms with Gasteiger partial charge in [-0.3, -0.25) is 4.79 Å². The van der Waals surface area contributed by atoms with Crippen LogP contribution in [0.5, 0.6) is 0 Å². The number of nitrogens with zero attached hydrogens (tertiary/aromatic N) is 2. The van der Waals surface area contributed by atoms with Gasteiger partial charge < -0.3 is 5.11 Å². The van der Waals surface area contributed by atoms with Gasteiger partial charge in [0.2, 0.25) is 0 Å². The number of aromatic nitrogens is 2. The molecular formula is C17H24N2O2. The fourth-order valence-electron chi connectivity index (χ4n) is 3.72.